The number of nitrogens with one attached hydrogen (secondary N) is 1. The van der Waals surface area contributed by atoms with Gasteiger partial charge in [0.1, 0.15) is 0 Å². The van der Waals surface area contributed by atoms with Gasteiger partial charge in [0.15, 0.2) is 0 Å². The zero-order valence-corrected chi connectivity index (χ0v) is 10.5. The maximum Gasteiger partial charge on any atom is 0.317 e. The molecule has 0 aliphatic heterocycles. The molecule has 0 saturated carbocycles. The summed E-state index contributed by atoms with van der Waals surface area (Å²) in [7, 11) is 0. The third-order valence-corrected chi connectivity index (χ3v) is 1.99. The molecule has 3 N–H and O–H groups in total. The van der Waals surface area contributed by atoms with Gasteiger partial charge >= 0.3 is 5.97 Å². The molecule has 0 radical (unpaired) electrons. The maximum absolute atomic E-state index is 9.90. The van der Waals surface area contributed by atoms with E-state index in [0.29, 0.717) is 0 Å². The molecule has 1 aromatic rings. The quantitative estimate of drug-likeness (QED) is 0.313. The number of oxime groups is 1. The zero-order valence-electron chi connectivity index (χ0n) is 10.5. The van der Waals surface area contributed by atoms with E-state index >= 15 is 0 Å². The number of nitrogens with zero attached hydrogens (tertiary/aromatic N) is 1. The first-order valence-corrected chi connectivity index (χ1v) is 5.85. The van der Waals surface area contributed by atoms with Crippen LogP contribution in [0.3, 0.4) is 0 Å². The van der Waals surface area contributed by atoms with E-state index in [0.717, 1.165) is 24.9 Å². The van der Waals surface area contributed by atoms with Crippen molar-refractivity contribution in [2.75, 3.05) is 13.1 Å². The summed E-state index contributed by atoms with van der Waals surface area (Å²) in [6.07, 6.45) is 3.54. The molecule has 0 aromatic heterocycles. The highest BCUT2D eigenvalue weighted by Gasteiger charge is 1.91. The van der Waals surface area contributed by atoms with E-state index in [1.807, 2.05) is 30.3 Å². The van der Waals surface area contributed by atoms with Crippen LogP contribution in [-0.4, -0.2) is 35.6 Å². The van der Waals surface area contributed by atoms with Crippen LogP contribution in [0.4, 0.5) is 0 Å². The van der Waals surface area contributed by atoms with Crippen molar-refractivity contribution in [1.82, 2.24) is 5.32 Å². The summed E-state index contributed by atoms with van der Waals surface area (Å²) in [6.45, 7) is 2.96. The van der Waals surface area contributed by atoms with Gasteiger partial charge in [0.05, 0.1) is 12.8 Å². The smallest absolute Gasteiger partial charge is 0.317 e. The van der Waals surface area contributed by atoms with Crippen LogP contribution in [0.5, 0.6) is 0 Å². The highest BCUT2D eigenvalue weighted by molar-refractivity contribution is 5.78. The Kier molecular flexibility index (Phi) is 10.4. The summed E-state index contributed by atoms with van der Waals surface area (Å²) in [5.74, 6) is -0.786. The molecule has 0 aliphatic carbocycles. The van der Waals surface area contributed by atoms with Crippen molar-refractivity contribution in [3.8, 4) is 0 Å². The van der Waals surface area contributed by atoms with Gasteiger partial charge in [-0.3, -0.25) is 4.79 Å². The molecule has 0 heterocycles. The number of unbranched alkanes of at least 4 members (excludes halogenated alkanes) is 1. The van der Waals surface area contributed by atoms with E-state index in [1.165, 1.54) is 6.21 Å². The van der Waals surface area contributed by atoms with Gasteiger partial charge < -0.3 is 15.6 Å². The minimum atomic E-state index is -0.786. The van der Waals surface area contributed by atoms with E-state index in [4.69, 9.17) is 10.3 Å². The molecule has 0 bridgehead atoms. The lowest BCUT2D eigenvalue weighted by Crippen LogP contribution is -2.23. The molecule has 0 aliphatic rings. The number of carboxylic acids is 1. The monoisotopic (exact) mass is 252 g/mol. The van der Waals surface area contributed by atoms with E-state index in [9.17, 15) is 4.79 Å². The van der Waals surface area contributed by atoms with Crippen LogP contribution < -0.4 is 5.32 Å². The zero-order chi connectivity index (χ0) is 13.6. The van der Waals surface area contributed by atoms with Crippen LogP contribution in [0.25, 0.3) is 0 Å². The molecule has 0 saturated heterocycles. The van der Waals surface area contributed by atoms with Gasteiger partial charge in [-0.1, -0.05) is 48.8 Å². The van der Waals surface area contributed by atoms with Gasteiger partial charge in [-0.15, -0.1) is 0 Å². The first-order chi connectivity index (χ1) is 8.70. The molecule has 18 heavy (non-hydrogen) atoms. The van der Waals surface area contributed by atoms with E-state index in [1.54, 1.807) is 0 Å². The first-order valence-electron chi connectivity index (χ1n) is 5.85. The van der Waals surface area contributed by atoms with Crippen LogP contribution in [0.2, 0.25) is 0 Å². The second-order valence-electron chi connectivity index (χ2n) is 3.58. The minimum Gasteiger partial charge on any atom is -0.480 e. The average molecular weight is 252 g/mol. The lowest BCUT2D eigenvalue weighted by atomic mass is 10.2. The number of aliphatic carboxylic acids is 1. The fourth-order valence-electron chi connectivity index (χ4n) is 1.10. The molecule has 0 unspecified atom stereocenters. The molecular weight excluding hydrogens is 232 g/mol. The number of benzene rings is 1. The Hall–Kier alpha value is -1.88. The molecule has 5 heteroatoms. The van der Waals surface area contributed by atoms with Crippen LogP contribution >= 0.6 is 0 Å². The fourth-order valence-corrected chi connectivity index (χ4v) is 1.10. The normalized spacial score (nSPS) is 9.83. The molecule has 0 atom stereocenters. The molecule has 100 valence electrons. The Morgan fingerprint density at radius 1 is 1.39 bits per heavy atom. The van der Waals surface area contributed by atoms with Gasteiger partial charge in [-0.2, -0.15) is 0 Å². The van der Waals surface area contributed by atoms with Crippen molar-refractivity contribution in [3.05, 3.63) is 35.9 Å². The van der Waals surface area contributed by atoms with E-state index < -0.39 is 5.97 Å². The largest absolute Gasteiger partial charge is 0.480 e. The Labute approximate surface area is 107 Å². The summed E-state index contributed by atoms with van der Waals surface area (Å²) < 4.78 is 0. The fraction of sp³-hybridized carbons (Fsp3) is 0.385. The number of hydrogen-bond donors (Lipinski definition) is 3. The van der Waals surface area contributed by atoms with Gasteiger partial charge in [-0.05, 0) is 18.5 Å². The predicted molar refractivity (Wildman–Crippen MR) is 71.2 cm³/mol. The number of carbonyl (C=O) groups is 1. The summed E-state index contributed by atoms with van der Waals surface area (Å²) in [6, 6.07) is 9.40. The van der Waals surface area contributed by atoms with Crippen molar-refractivity contribution in [1.29, 1.82) is 0 Å². The Morgan fingerprint density at radius 2 is 2.06 bits per heavy atom. The summed E-state index contributed by atoms with van der Waals surface area (Å²) in [5.41, 5.74) is 0.903. The second-order valence-corrected chi connectivity index (χ2v) is 3.58. The van der Waals surface area contributed by atoms with Crippen LogP contribution in [-0.2, 0) is 4.79 Å². The lowest BCUT2D eigenvalue weighted by molar-refractivity contribution is -0.135. The summed E-state index contributed by atoms with van der Waals surface area (Å²) in [5, 5.41) is 21.9. The van der Waals surface area contributed by atoms with Crippen molar-refractivity contribution in [2.24, 2.45) is 5.16 Å². The summed E-state index contributed by atoms with van der Waals surface area (Å²) in [4.78, 5) is 9.90. The van der Waals surface area contributed by atoms with Gasteiger partial charge in [-0.25, -0.2) is 0 Å². The molecule has 0 fully saturated rings. The lowest BCUT2D eigenvalue weighted by Gasteiger charge is -1.96. The van der Waals surface area contributed by atoms with Crippen LogP contribution in [0.1, 0.15) is 25.3 Å². The van der Waals surface area contributed by atoms with Gasteiger partial charge in [0, 0.05) is 0 Å². The Balaban J connectivity index is 0.000000321. The SMILES string of the molecule is CCCCNCC(=O)O.ON=Cc1ccccc1. The third kappa shape index (κ3) is 10.6. The molecular formula is C13H20N2O3. The topological polar surface area (TPSA) is 81.9 Å². The molecule has 1 rings (SSSR count). The standard InChI is InChI=1S/C7H7NO.C6H13NO2/c9-8-6-7-4-2-1-3-5-7;1-2-3-4-7-5-6(8)9/h1-6,9H;7H,2-5H2,1H3,(H,8,9). The van der Waals surface area contributed by atoms with Crippen molar-refractivity contribution >= 4 is 12.2 Å². The van der Waals surface area contributed by atoms with E-state index in [-0.39, 0.29) is 6.54 Å². The third-order valence-electron chi connectivity index (χ3n) is 1.99. The van der Waals surface area contributed by atoms with Crippen LogP contribution in [0.15, 0.2) is 35.5 Å². The van der Waals surface area contributed by atoms with Crippen molar-refractivity contribution in [2.45, 2.75) is 19.8 Å². The minimum absolute atomic E-state index is 0.0833. The van der Waals surface area contributed by atoms with Crippen molar-refractivity contribution in [3.63, 3.8) is 0 Å². The maximum atomic E-state index is 9.90. The second kappa shape index (κ2) is 11.6. The van der Waals surface area contributed by atoms with Gasteiger partial charge in [0.25, 0.3) is 0 Å². The molecule has 0 amide bonds. The average Bonchev–Trinajstić information content (AvgIpc) is 2.37. The number of carboxylic acid groups (broad SMARTS) is 1. The predicted octanol–water partition coefficient (Wildman–Crippen LogP) is 1.96. The number of rotatable bonds is 6. The highest BCUT2D eigenvalue weighted by atomic mass is 16.4. The molecule has 5 nitrogen and oxygen atoms in total. The van der Waals surface area contributed by atoms with Crippen LogP contribution in [0, 0.1) is 0 Å². The molecule has 1 aromatic carbocycles. The van der Waals surface area contributed by atoms with Crippen molar-refractivity contribution < 1.29 is 15.1 Å². The molecule has 0 spiro atoms. The summed E-state index contributed by atoms with van der Waals surface area (Å²) >= 11 is 0. The highest BCUT2D eigenvalue weighted by Crippen LogP contribution is 1.92. The van der Waals surface area contributed by atoms with Gasteiger partial charge in [0.2, 0.25) is 0 Å². The Morgan fingerprint density at radius 3 is 2.56 bits per heavy atom. The first kappa shape index (κ1) is 16.1. The Bertz CT molecular complexity index is 339. The number of hydrogen-bond acceptors (Lipinski definition) is 4. The van der Waals surface area contributed by atoms with E-state index in [2.05, 4.69) is 17.4 Å².